The highest BCUT2D eigenvalue weighted by Gasteiger charge is 2.40. The number of allylic oxidation sites excluding steroid dienone is 3. The van der Waals surface area contributed by atoms with Gasteiger partial charge in [0.1, 0.15) is 19.0 Å². The lowest BCUT2D eigenvalue weighted by Crippen LogP contribution is -2.34. The van der Waals surface area contributed by atoms with Crippen LogP contribution in [0.2, 0.25) is 0 Å². The molecule has 0 amide bonds. The summed E-state index contributed by atoms with van der Waals surface area (Å²) in [5.74, 6) is 0.639. The summed E-state index contributed by atoms with van der Waals surface area (Å²) in [6.45, 7) is 2.13. The predicted molar refractivity (Wildman–Crippen MR) is 127 cm³/mol. The summed E-state index contributed by atoms with van der Waals surface area (Å²) in [6.07, 6.45) is 1.96. The van der Waals surface area contributed by atoms with Gasteiger partial charge in [-0.3, -0.25) is 4.79 Å². The van der Waals surface area contributed by atoms with E-state index in [1.54, 1.807) is 20.3 Å². The van der Waals surface area contributed by atoms with Gasteiger partial charge in [-0.25, -0.2) is 4.79 Å². The Labute approximate surface area is 199 Å². The first-order valence-corrected chi connectivity index (χ1v) is 11.3. The molecule has 2 aromatic carbocycles. The number of hydrogen-bond acceptors (Lipinski definition) is 7. The van der Waals surface area contributed by atoms with Crippen LogP contribution in [0.4, 0.5) is 0 Å². The molecule has 0 saturated carbocycles. The summed E-state index contributed by atoms with van der Waals surface area (Å²) >= 11 is 0. The van der Waals surface area contributed by atoms with Crippen molar-refractivity contribution in [1.82, 2.24) is 5.32 Å². The lowest BCUT2D eigenvalue weighted by molar-refractivity contribution is -0.140. The second-order valence-electron chi connectivity index (χ2n) is 8.15. The zero-order valence-electron chi connectivity index (χ0n) is 19.7. The Morgan fingerprint density at radius 1 is 1.00 bits per heavy atom. The molecule has 7 heteroatoms. The van der Waals surface area contributed by atoms with E-state index in [2.05, 4.69) is 5.32 Å². The molecular formula is C27H29NO6. The first kappa shape index (κ1) is 23.4. The summed E-state index contributed by atoms with van der Waals surface area (Å²) in [5, 5.41) is 3.30. The average molecular weight is 464 g/mol. The van der Waals surface area contributed by atoms with Gasteiger partial charge >= 0.3 is 5.97 Å². The van der Waals surface area contributed by atoms with E-state index in [0.29, 0.717) is 46.1 Å². The topological polar surface area (TPSA) is 83.1 Å². The lowest BCUT2D eigenvalue weighted by Gasteiger charge is -2.34. The van der Waals surface area contributed by atoms with Crippen molar-refractivity contribution >= 4 is 11.8 Å². The number of carbonyl (C=O) groups is 2. The van der Waals surface area contributed by atoms with E-state index >= 15 is 0 Å². The Bertz CT molecular complexity index is 1140. The second-order valence-corrected chi connectivity index (χ2v) is 8.15. The number of carbonyl (C=O) groups excluding carboxylic acids is 2. The van der Waals surface area contributed by atoms with Gasteiger partial charge in [-0.2, -0.15) is 0 Å². The highest BCUT2D eigenvalue weighted by molar-refractivity contribution is 6.04. The van der Waals surface area contributed by atoms with Crippen molar-refractivity contribution in [2.45, 2.75) is 32.1 Å². The van der Waals surface area contributed by atoms with Crippen LogP contribution in [-0.4, -0.2) is 39.2 Å². The molecule has 1 atom stereocenters. The van der Waals surface area contributed by atoms with Crippen molar-refractivity contribution in [3.8, 4) is 17.2 Å². The number of benzene rings is 2. The molecule has 2 aliphatic rings. The number of Topliss-reactive ketones (excluding diaryl/α,β-unsaturated/α-hetero) is 1. The first-order chi connectivity index (χ1) is 16.5. The van der Waals surface area contributed by atoms with Gasteiger partial charge < -0.3 is 24.3 Å². The predicted octanol–water partition coefficient (Wildman–Crippen LogP) is 4.29. The number of methoxy groups -OCH3 is 2. The second kappa shape index (κ2) is 10.5. The molecule has 2 aromatic rings. The van der Waals surface area contributed by atoms with E-state index in [-0.39, 0.29) is 19.0 Å². The number of hydrogen-bond donors (Lipinski definition) is 1. The summed E-state index contributed by atoms with van der Waals surface area (Å²) in [6, 6.07) is 14.8. The normalized spacial score (nSPS) is 17.6. The fourth-order valence-electron chi connectivity index (χ4n) is 4.59. The SMILES string of the molecule is COc1cccc([C@@H]2C(C(=O)OCCOc3ccccc3)=C(C)NC3=C2C(=O)CCC3)c1OC. The van der Waals surface area contributed by atoms with Crippen LogP contribution in [-0.2, 0) is 14.3 Å². The van der Waals surface area contributed by atoms with E-state index < -0.39 is 11.9 Å². The van der Waals surface area contributed by atoms with Gasteiger partial charge in [0.15, 0.2) is 17.3 Å². The average Bonchev–Trinajstić information content (AvgIpc) is 2.85. The molecule has 34 heavy (non-hydrogen) atoms. The van der Waals surface area contributed by atoms with Gasteiger partial charge in [0, 0.05) is 29.0 Å². The fraction of sp³-hybridized carbons (Fsp3) is 0.333. The number of dihydropyridines is 1. The zero-order valence-corrected chi connectivity index (χ0v) is 19.7. The number of ketones is 1. The maximum atomic E-state index is 13.4. The number of para-hydroxylation sites is 2. The van der Waals surface area contributed by atoms with Crippen molar-refractivity contribution < 1.29 is 28.5 Å². The molecule has 0 unspecified atom stereocenters. The molecule has 1 aliphatic carbocycles. The summed E-state index contributed by atoms with van der Waals surface area (Å²) < 4.78 is 22.4. The molecule has 0 spiro atoms. The molecule has 4 rings (SSSR count). The van der Waals surface area contributed by atoms with Crippen molar-refractivity contribution in [1.29, 1.82) is 0 Å². The molecule has 0 saturated heterocycles. The van der Waals surface area contributed by atoms with Gasteiger partial charge in [-0.05, 0) is 38.0 Å². The van der Waals surface area contributed by atoms with Crippen LogP contribution in [0.5, 0.6) is 17.2 Å². The van der Waals surface area contributed by atoms with Crippen molar-refractivity contribution in [2.75, 3.05) is 27.4 Å². The highest BCUT2D eigenvalue weighted by atomic mass is 16.6. The minimum atomic E-state index is -0.614. The first-order valence-electron chi connectivity index (χ1n) is 11.3. The standard InChI is InChI=1S/C27H29NO6/c1-17-23(27(30)34-16-15-33-18-9-5-4-6-10-18)24(25-20(28-17)12-8-13-21(25)29)19-11-7-14-22(31-2)26(19)32-3/h4-7,9-11,14,24,28H,8,12-13,15-16H2,1-3H3/t24-/m1/s1. The Morgan fingerprint density at radius 3 is 2.53 bits per heavy atom. The Morgan fingerprint density at radius 2 is 1.79 bits per heavy atom. The number of rotatable bonds is 8. The monoisotopic (exact) mass is 463 g/mol. The van der Waals surface area contributed by atoms with Crippen LogP contribution in [0, 0.1) is 0 Å². The Hall–Kier alpha value is -3.74. The fourth-order valence-corrected chi connectivity index (χ4v) is 4.59. The molecule has 178 valence electrons. The van der Waals surface area contributed by atoms with Crippen LogP contribution in [0.15, 0.2) is 71.1 Å². The third kappa shape index (κ3) is 4.64. The molecule has 0 aromatic heterocycles. The van der Waals surface area contributed by atoms with E-state index in [9.17, 15) is 9.59 Å². The zero-order chi connectivity index (χ0) is 24.1. The van der Waals surface area contributed by atoms with Crippen molar-refractivity contribution in [3.63, 3.8) is 0 Å². The van der Waals surface area contributed by atoms with Crippen molar-refractivity contribution in [2.24, 2.45) is 0 Å². The molecule has 1 N–H and O–H groups in total. The minimum Gasteiger partial charge on any atom is -0.493 e. The van der Waals surface area contributed by atoms with Crippen LogP contribution in [0.1, 0.15) is 37.7 Å². The maximum absolute atomic E-state index is 13.4. The molecule has 1 aliphatic heterocycles. The minimum absolute atomic E-state index is 0.0221. The van der Waals surface area contributed by atoms with E-state index in [1.165, 1.54) is 0 Å². The van der Waals surface area contributed by atoms with Gasteiger partial charge in [0.25, 0.3) is 0 Å². The van der Waals surface area contributed by atoms with Gasteiger partial charge in [0.05, 0.1) is 25.7 Å². The summed E-state index contributed by atoms with van der Waals surface area (Å²) in [4.78, 5) is 26.5. The maximum Gasteiger partial charge on any atom is 0.336 e. The molecule has 1 heterocycles. The molecular weight excluding hydrogens is 434 g/mol. The van der Waals surface area contributed by atoms with Crippen LogP contribution >= 0.6 is 0 Å². The molecule has 0 fully saturated rings. The van der Waals surface area contributed by atoms with Gasteiger partial charge in [0.2, 0.25) is 0 Å². The summed E-state index contributed by atoms with van der Waals surface area (Å²) in [7, 11) is 3.11. The lowest BCUT2D eigenvalue weighted by atomic mass is 9.75. The molecule has 0 bridgehead atoms. The smallest absolute Gasteiger partial charge is 0.336 e. The molecule has 7 nitrogen and oxygen atoms in total. The van der Waals surface area contributed by atoms with E-state index in [4.69, 9.17) is 18.9 Å². The number of nitrogens with one attached hydrogen (secondary N) is 1. The largest absolute Gasteiger partial charge is 0.493 e. The van der Waals surface area contributed by atoms with Crippen LogP contribution in [0.3, 0.4) is 0 Å². The summed E-state index contributed by atoms with van der Waals surface area (Å²) in [5.41, 5.74) is 3.19. The number of esters is 1. The Kier molecular flexibility index (Phi) is 7.21. The quantitative estimate of drug-likeness (QED) is 0.462. The van der Waals surface area contributed by atoms with E-state index in [0.717, 1.165) is 18.5 Å². The van der Waals surface area contributed by atoms with Crippen LogP contribution < -0.4 is 19.5 Å². The Balaban J connectivity index is 1.65. The highest BCUT2D eigenvalue weighted by Crippen LogP contribution is 2.47. The molecule has 0 radical (unpaired) electrons. The third-order valence-electron chi connectivity index (χ3n) is 6.07. The van der Waals surface area contributed by atoms with Gasteiger partial charge in [-0.1, -0.05) is 30.3 Å². The van der Waals surface area contributed by atoms with E-state index in [1.807, 2.05) is 49.4 Å². The number of ether oxygens (including phenoxy) is 4. The van der Waals surface area contributed by atoms with Gasteiger partial charge in [-0.15, -0.1) is 0 Å². The van der Waals surface area contributed by atoms with Crippen LogP contribution in [0.25, 0.3) is 0 Å². The third-order valence-corrected chi connectivity index (χ3v) is 6.07. The van der Waals surface area contributed by atoms with Crippen molar-refractivity contribution in [3.05, 3.63) is 76.6 Å².